The van der Waals surface area contributed by atoms with Gasteiger partial charge in [0.15, 0.2) is 0 Å². The summed E-state index contributed by atoms with van der Waals surface area (Å²) in [4.78, 5) is 5.47. The van der Waals surface area contributed by atoms with Crippen molar-refractivity contribution in [3.05, 3.63) is 147 Å². The van der Waals surface area contributed by atoms with E-state index in [4.69, 9.17) is 0 Å². The van der Waals surface area contributed by atoms with Crippen LogP contribution in [-0.4, -0.2) is 6.71 Å². The van der Waals surface area contributed by atoms with E-state index in [0.717, 1.165) is 6.42 Å². The van der Waals surface area contributed by atoms with E-state index in [2.05, 4.69) is 225 Å². The maximum atomic E-state index is 2.75. The van der Waals surface area contributed by atoms with Gasteiger partial charge in [0.2, 0.25) is 0 Å². The van der Waals surface area contributed by atoms with Gasteiger partial charge in [-0.25, -0.2) is 0 Å². The van der Waals surface area contributed by atoms with Crippen molar-refractivity contribution in [3.8, 4) is 11.1 Å². The zero-order valence-corrected chi connectivity index (χ0v) is 44.7. The Morgan fingerprint density at radius 3 is 1.34 bits per heavy atom. The van der Waals surface area contributed by atoms with Gasteiger partial charge >= 0.3 is 0 Å². The van der Waals surface area contributed by atoms with Crippen LogP contribution < -0.4 is 26.2 Å². The van der Waals surface area contributed by atoms with Crippen molar-refractivity contribution in [2.75, 3.05) is 9.80 Å². The van der Waals surface area contributed by atoms with Gasteiger partial charge in [0.1, 0.15) is 0 Å². The van der Waals surface area contributed by atoms with Crippen LogP contribution >= 0.6 is 0 Å². The molecule has 0 spiro atoms. The van der Waals surface area contributed by atoms with E-state index < -0.39 is 0 Å². The SMILES string of the molecule is Cc1cc2c3c(c1)N(c1ccc(C(C)(C)C)cc1-c1ccccc1)c1cc4c(cc1B3c1cc3c(cc1N2c1cc2c(cc1C)C(C)(C)CC2(C)C)C(C)(C)CCC3(C)C)C(C)(C)CCC4(C)C. The van der Waals surface area contributed by atoms with Crippen LogP contribution in [0.5, 0.6) is 0 Å². The maximum absolute atomic E-state index is 2.75. The first-order valence-electron chi connectivity index (χ1n) is 26.1. The molecule has 350 valence electrons. The lowest BCUT2D eigenvalue weighted by Gasteiger charge is -2.49. The Morgan fingerprint density at radius 1 is 0.426 bits per heavy atom. The van der Waals surface area contributed by atoms with E-state index in [1.807, 2.05) is 0 Å². The van der Waals surface area contributed by atoms with E-state index >= 15 is 0 Å². The molecule has 0 fully saturated rings. The highest BCUT2D eigenvalue weighted by molar-refractivity contribution is 7.00. The smallest absolute Gasteiger partial charge is 0.252 e. The summed E-state index contributed by atoms with van der Waals surface area (Å²) in [6, 6.07) is 39.6. The molecule has 0 N–H and O–H groups in total. The minimum atomic E-state index is -0.00661. The fourth-order valence-electron chi connectivity index (χ4n) is 14.2. The normalized spacial score (nSPS) is 20.5. The number of hydrogen-bond acceptors (Lipinski definition) is 2. The van der Waals surface area contributed by atoms with Crippen LogP contribution in [0.25, 0.3) is 11.1 Å². The van der Waals surface area contributed by atoms with Crippen LogP contribution in [0.4, 0.5) is 34.1 Å². The van der Waals surface area contributed by atoms with Crippen molar-refractivity contribution >= 4 is 57.2 Å². The fourth-order valence-corrected chi connectivity index (χ4v) is 14.2. The zero-order valence-electron chi connectivity index (χ0n) is 44.7. The number of aryl methyl sites for hydroxylation is 2. The Balaban J connectivity index is 1.30. The highest BCUT2D eigenvalue weighted by Crippen LogP contribution is 2.56. The van der Waals surface area contributed by atoms with E-state index in [9.17, 15) is 0 Å². The predicted molar refractivity (Wildman–Crippen MR) is 295 cm³/mol. The first-order chi connectivity index (χ1) is 31.6. The summed E-state index contributed by atoms with van der Waals surface area (Å²) in [5.41, 5.74) is 28.2. The summed E-state index contributed by atoms with van der Waals surface area (Å²) in [6.07, 6.45) is 5.87. The summed E-state index contributed by atoms with van der Waals surface area (Å²) < 4.78 is 0. The molecule has 5 aliphatic rings. The number of hydrogen-bond donors (Lipinski definition) is 0. The molecule has 0 unspecified atom stereocenters. The Morgan fingerprint density at radius 2 is 0.853 bits per heavy atom. The number of benzene rings is 6. The van der Waals surface area contributed by atoms with Crippen molar-refractivity contribution in [2.45, 2.75) is 188 Å². The molecule has 0 saturated carbocycles. The molecule has 6 aromatic carbocycles. The second kappa shape index (κ2) is 14.3. The van der Waals surface area contributed by atoms with E-state index in [0.29, 0.717) is 0 Å². The van der Waals surface area contributed by atoms with E-state index in [1.165, 1.54) is 137 Å². The van der Waals surface area contributed by atoms with Crippen LogP contribution in [0.2, 0.25) is 0 Å². The summed E-state index contributed by atoms with van der Waals surface area (Å²) in [6.45, 7) is 41.7. The topological polar surface area (TPSA) is 6.48 Å². The largest absolute Gasteiger partial charge is 0.311 e. The summed E-state index contributed by atoms with van der Waals surface area (Å²) in [7, 11) is 0. The molecule has 6 aromatic rings. The van der Waals surface area contributed by atoms with Crippen molar-refractivity contribution in [3.63, 3.8) is 0 Å². The third-order valence-corrected chi connectivity index (χ3v) is 18.3. The summed E-state index contributed by atoms with van der Waals surface area (Å²) in [5, 5.41) is 0. The molecule has 0 saturated heterocycles. The molecule has 2 aliphatic heterocycles. The number of fused-ring (bicyclic) bond motifs is 7. The minimum absolute atomic E-state index is 0.00661. The van der Waals surface area contributed by atoms with Crippen molar-refractivity contribution in [2.24, 2.45) is 0 Å². The molecular weight excluding hydrogens is 820 g/mol. The van der Waals surface area contributed by atoms with Gasteiger partial charge in [-0.05, 0) is 198 Å². The second-order valence-corrected chi connectivity index (χ2v) is 27.2. The quantitative estimate of drug-likeness (QED) is 0.163. The standard InChI is InChI=1S/C65H77BN2/c1-39-29-56-58-57(30-39)68(53-35-49-44(31-40(53)2)64(14,15)38-65(49,16)17)55-37-48-46(61(8,9)26-28-63(48,12)13)34-51(55)66(58)50-33-45-47(62(10,11)27-25-60(45,6)7)36-54(50)67(56)52-24-23-42(59(3,4)5)32-43(52)41-21-19-18-20-22-41/h18-24,29-37H,25-28,38H2,1-17H3. The van der Waals surface area contributed by atoms with Crippen molar-refractivity contribution in [1.82, 2.24) is 0 Å². The Labute approximate surface area is 411 Å². The highest BCUT2D eigenvalue weighted by atomic mass is 15.2. The van der Waals surface area contributed by atoms with E-state index in [-0.39, 0.29) is 44.6 Å². The second-order valence-electron chi connectivity index (χ2n) is 27.2. The van der Waals surface area contributed by atoms with Crippen LogP contribution in [0.15, 0.2) is 97.1 Å². The highest BCUT2D eigenvalue weighted by Gasteiger charge is 2.50. The Kier molecular flexibility index (Phi) is 9.55. The van der Waals surface area contributed by atoms with Gasteiger partial charge in [0, 0.05) is 34.0 Å². The molecule has 2 heterocycles. The minimum Gasteiger partial charge on any atom is -0.311 e. The zero-order chi connectivity index (χ0) is 48.6. The summed E-state index contributed by atoms with van der Waals surface area (Å²) >= 11 is 0. The molecule has 0 aromatic heterocycles. The number of anilines is 6. The average Bonchev–Trinajstić information content (AvgIpc) is 3.44. The predicted octanol–water partition coefficient (Wildman–Crippen LogP) is 16.0. The lowest BCUT2D eigenvalue weighted by Crippen LogP contribution is -2.62. The van der Waals surface area contributed by atoms with Gasteiger partial charge in [-0.15, -0.1) is 0 Å². The van der Waals surface area contributed by atoms with Gasteiger partial charge < -0.3 is 9.80 Å². The van der Waals surface area contributed by atoms with Gasteiger partial charge in [0.25, 0.3) is 6.71 Å². The van der Waals surface area contributed by atoms with Crippen LogP contribution in [0, 0.1) is 13.8 Å². The molecule has 0 atom stereocenters. The molecule has 3 aliphatic carbocycles. The van der Waals surface area contributed by atoms with Crippen LogP contribution in [0.1, 0.15) is 186 Å². The Hall–Kier alpha value is -5.02. The van der Waals surface area contributed by atoms with Gasteiger partial charge in [-0.2, -0.15) is 0 Å². The third kappa shape index (κ3) is 6.63. The molecule has 0 radical (unpaired) electrons. The van der Waals surface area contributed by atoms with Gasteiger partial charge in [0.05, 0.1) is 5.69 Å². The lowest BCUT2D eigenvalue weighted by molar-refractivity contribution is 0.332. The first kappa shape index (κ1) is 45.4. The van der Waals surface area contributed by atoms with E-state index in [1.54, 1.807) is 0 Å². The number of nitrogens with zero attached hydrogens (tertiary/aromatic N) is 2. The van der Waals surface area contributed by atoms with Crippen molar-refractivity contribution < 1.29 is 0 Å². The molecule has 11 rings (SSSR count). The summed E-state index contributed by atoms with van der Waals surface area (Å²) in [5.74, 6) is 0. The van der Waals surface area contributed by atoms with Crippen LogP contribution in [-0.2, 0) is 37.9 Å². The molecular formula is C65H77BN2. The first-order valence-corrected chi connectivity index (χ1v) is 26.1. The average molecular weight is 897 g/mol. The van der Waals surface area contributed by atoms with Gasteiger partial charge in [-0.1, -0.05) is 158 Å². The van der Waals surface area contributed by atoms with Crippen molar-refractivity contribution in [1.29, 1.82) is 0 Å². The third-order valence-electron chi connectivity index (χ3n) is 18.3. The fraction of sp³-hybridized carbons (Fsp3) is 0.446. The Bertz CT molecular complexity index is 3110. The van der Waals surface area contributed by atoms with Crippen LogP contribution in [0.3, 0.4) is 0 Å². The molecule has 68 heavy (non-hydrogen) atoms. The van der Waals surface area contributed by atoms with Gasteiger partial charge in [-0.3, -0.25) is 0 Å². The lowest BCUT2D eigenvalue weighted by atomic mass is 9.32. The maximum Gasteiger partial charge on any atom is 0.252 e. The molecule has 0 amide bonds. The number of rotatable bonds is 3. The molecule has 2 nitrogen and oxygen atoms in total. The molecule has 3 heteroatoms. The monoisotopic (exact) mass is 897 g/mol. The molecule has 0 bridgehead atoms.